The summed E-state index contributed by atoms with van der Waals surface area (Å²) in [5, 5.41) is 2.49. The Hall–Kier alpha value is -9.24. The molecule has 78 heavy (non-hydrogen) atoms. The van der Waals surface area contributed by atoms with Crippen LogP contribution in [0.5, 0.6) is 0 Å². The number of fused-ring (bicyclic) bond motifs is 9. The van der Waals surface area contributed by atoms with Crippen LogP contribution in [-0.4, -0.2) is 4.57 Å². The van der Waals surface area contributed by atoms with E-state index in [0.717, 1.165) is 35.6 Å². The van der Waals surface area contributed by atoms with Crippen molar-refractivity contribution < 1.29 is 0 Å². The molecule has 2 heteroatoms. The lowest BCUT2D eigenvalue weighted by molar-refractivity contribution is 0.296. The van der Waals surface area contributed by atoms with Gasteiger partial charge in [-0.25, -0.2) is 0 Å². The average molecular weight is 999 g/mol. The van der Waals surface area contributed by atoms with Gasteiger partial charge in [-0.1, -0.05) is 220 Å². The van der Waals surface area contributed by atoms with Gasteiger partial charge in [-0.05, 0) is 175 Å². The molecule has 4 aliphatic rings. The number of para-hydroxylation sites is 2. The standard InChI is InChI=1S/C76H58N2/c1-75(2)68-35-15-12-31-63(68)66-50-61(44-45-69(66)75)77(58-28-10-5-11-29-58)60-30-19-23-54(48-60)52-21-18-22-53(47-52)55-41-46-73-67(49-55)64-32-14-17-38-72(64)78(73)59-42-39-51(40-43-59)62-34-20-37-71-74(62)65-33-13-16-36-70(65)76(71,56-24-6-3-7-25-56)57-26-8-4-9-27-57/h3-24,26,28-50,56-57H,25,27H2,1-2H3. The number of hydrogen-bond acceptors (Lipinski definition) is 1. The molecule has 372 valence electrons. The highest BCUT2D eigenvalue weighted by Crippen LogP contribution is 2.61. The largest absolute Gasteiger partial charge is 0.310 e. The van der Waals surface area contributed by atoms with Crippen LogP contribution in [0.25, 0.3) is 83.1 Å². The molecule has 11 aromatic rings. The normalized spacial score (nSPS) is 18.2. The zero-order chi connectivity index (χ0) is 52.0. The van der Waals surface area contributed by atoms with Gasteiger partial charge >= 0.3 is 0 Å². The van der Waals surface area contributed by atoms with Gasteiger partial charge in [0.25, 0.3) is 0 Å². The highest BCUT2D eigenvalue weighted by molar-refractivity contribution is 6.10. The van der Waals surface area contributed by atoms with Crippen molar-refractivity contribution in [2.75, 3.05) is 4.90 Å². The zero-order valence-electron chi connectivity index (χ0n) is 44.0. The van der Waals surface area contributed by atoms with Crippen LogP contribution in [-0.2, 0) is 10.8 Å². The van der Waals surface area contributed by atoms with Crippen molar-refractivity contribution in [2.24, 2.45) is 11.8 Å². The molecule has 10 aromatic carbocycles. The molecule has 2 unspecified atom stereocenters. The third-order valence-corrected chi connectivity index (χ3v) is 17.9. The predicted octanol–water partition coefficient (Wildman–Crippen LogP) is 20.1. The fraction of sp³-hybridized carbons (Fsp3) is 0.105. The van der Waals surface area contributed by atoms with E-state index < -0.39 is 0 Å². The summed E-state index contributed by atoms with van der Waals surface area (Å²) >= 11 is 0. The Bertz CT molecular complexity index is 4280. The van der Waals surface area contributed by atoms with Crippen LogP contribution in [0.1, 0.15) is 48.9 Å². The van der Waals surface area contributed by atoms with Gasteiger partial charge in [0.2, 0.25) is 0 Å². The molecular formula is C76H58N2. The molecule has 0 bridgehead atoms. The molecule has 2 atom stereocenters. The first-order valence-corrected chi connectivity index (χ1v) is 27.8. The maximum absolute atomic E-state index is 2.47. The molecule has 0 saturated carbocycles. The Balaban J connectivity index is 0.777. The molecule has 0 aliphatic heterocycles. The summed E-state index contributed by atoms with van der Waals surface area (Å²) < 4.78 is 2.45. The van der Waals surface area contributed by atoms with Crippen molar-refractivity contribution in [2.45, 2.75) is 37.5 Å². The number of anilines is 3. The third kappa shape index (κ3) is 7.09. The second-order valence-corrected chi connectivity index (χ2v) is 22.3. The van der Waals surface area contributed by atoms with Gasteiger partial charge < -0.3 is 9.47 Å². The number of aromatic nitrogens is 1. The van der Waals surface area contributed by atoms with Gasteiger partial charge in [0, 0.05) is 44.4 Å². The lowest BCUT2D eigenvalue weighted by atomic mass is 9.58. The summed E-state index contributed by atoms with van der Waals surface area (Å²) in [5.74, 6) is 0.707. The maximum atomic E-state index is 2.47. The van der Waals surface area contributed by atoms with Gasteiger partial charge in [0.15, 0.2) is 0 Å². The summed E-state index contributed by atoms with van der Waals surface area (Å²) in [6.07, 6.45) is 20.7. The van der Waals surface area contributed by atoms with Crippen LogP contribution in [0.15, 0.2) is 279 Å². The number of nitrogens with zero attached hydrogens (tertiary/aromatic N) is 2. The van der Waals surface area contributed by atoms with Gasteiger partial charge in [-0.15, -0.1) is 0 Å². The topological polar surface area (TPSA) is 8.17 Å². The Morgan fingerprint density at radius 3 is 1.69 bits per heavy atom. The van der Waals surface area contributed by atoms with Crippen LogP contribution in [0.4, 0.5) is 17.1 Å². The third-order valence-electron chi connectivity index (χ3n) is 17.9. The molecule has 0 saturated heterocycles. The van der Waals surface area contributed by atoms with Crippen LogP contribution < -0.4 is 4.90 Å². The smallest absolute Gasteiger partial charge is 0.0541 e. The van der Waals surface area contributed by atoms with Crippen LogP contribution in [0.3, 0.4) is 0 Å². The van der Waals surface area contributed by atoms with Gasteiger partial charge in [-0.3, -0.25) is 0 Å². The van der Waals surface area contributed by atoms with Crippen molar-refractivity contribution in [3.8, 4) is 61.3 Å². The Labute approximate surface area is 457 Å². The first kappa shape index (κ1) is 46.1. The fourth-order valence-electron chi connectivity index (χ4n) is 14.3. The molecule has 0 spiro atoms. The Morgan fingerprint density at radius 1 is 0.372 bits per heavy atom. The quantitative estimate of drug-likeness (QED) is 0.140. The summed E-state index contributed by atoms with van der Waals surface area (Å²) in [6.45, 7) is 4.69. The second kappa shape index (κ2) is 18.2. The predicted molar refractivity (Wildman–Crippen MR) is 328 cm³/mol. The Kier molecular flexibility index (Phi) is 10.8. The molecular weight excluding hydrogens is 941 g/mol. The molecule has 0 radical (unpaired) electrons. The molecule has 4 aliphatic carbocycles. The highest BCUT2D eigenvalue weighted by Gasteiger charge is 2.52. The minimum Gasteiger partial charge on any atom is -0.310 e. The number of allylic oxidation sites excluding steroid dienone is 8. The van der Waals surface area contributed by atoms with E-state index in [-0.39, 0.29) is 10.8 Å². The van der Waals surface area contributed by atoms with Crippen LogP contribution in [0, 0.1) is 11.8 Å². The first-order valence-electron chi connectivity index (χ1n) is 27.8. The van der Waals surface area contributed by atoms with Crippen molar-refractivity contribution in [3.05, 3.63) is 301 Å². The second-order valence-electron chi connectivity index (χ2n) is 22.3. The van der Waals surface area contributed by atoms with E-state index in [1.807, 2.05) is 0 Å². The summed E-state index contributed by atoms with van der Waals surface area (Å²) in [7, 11) is 0. The molecule has 1 aromatic heterocycles. The monoisotopic (exact) mass is 998 g/mol. The van der Waals surface area contributed by atoms with Gasteiger partial charge in [0.05, 0.1) is 11.0 Å². The number of benzene rings is 10. The number of rotatable bonds is 9. The van der Waals surface area contributed by atoms with Crippen molar-refractivity contribution in [1.82, 2.24) is 4.57 Å². The lowest BCUT2D eigenvalue weighted by Crippen LogP contribution is -2.41. The molecule has 15 rings (SSSR count). The maximum Gasteiger partial charge on any atom is 0.0541 e. The fourth-order valence-corrected chi connectivity index (χ4v) is 14.3. The van der Waals surface area contributed by atoms with E-state index in [1.165, 1.54) is 99.7 Å². The molecule has 0 fully saturated rings. The highest BCUT2D eigenvalue weighted by atomic mass is 15.1. The summed E-state index contributed by atoms with van der Waals surface area (Å²) in [6, 6.07) is 86.4. The van der Waals surface area contributed by atoms with Crippen molar-refractivity contribution in [3.63, 3.8) is 0 Å². The zero-order valence-corrected chi connectivity index (χ0v) is 44.0. The van der Waals surface area contributed by atoms with Gasteiger partial charge in [0.1, 0.15) is 0 Å². The van der Waals surface area contributed by atoms with Crippen molar-refractivity contribution >= 4 is 38.9 Å². The van der Waals surface area contributed by atoms with Crippen molar-refractivity contribution in [1.29, 1.82) is 0 Å². The Morgan fingerprint density at radius 2 is 0.936 bits per heavy atom. The number of hydrogen-bond donors (Lipinski definition) is 0. The van der Waals surface area contributed by atoms with Crippen LogP contribution >= 0.6 is 0 Å². The summed E-state index contributed by atoms with van der Waals surface area (Å²) in [4.78, 5) is 2.40. The molecule has 1 heterocycles. The van der Waals surface area contributed by atoms with E-state index in [2.05, 4.69) is 302 Å². The van der Waals surface area contributed by atoms with E-state index in [1.54, 1.807) is 0 Å². The summed E-state index contributed by atoms with van der Waals surface area (Å²) in [5.41, 5.74) is 25.0. The molecule has 0 N–H and O–H groups in total. The first-order chi connectivity index (χ1) is 38.4. The average Bonchev–Trinajstić information content (AvgIpc) is 4.29. The van der Waals surface area contributed by atoms with Gasteiger partial charge in [-0.2, -0.15) is 0 Å². The minimum atomic E-state index is -0.168. The molecule has 0 amide bonds. The van der Waals surface area contributed by atoms with E-state index >= 15 is 0 Å². The van der Waals surface area contributed by atoms with E-state index in [4.69, 9.17) is 0 Å². The van der Waals surface area contributed by atoms with E-state index in [9.17, 15) is 0 Å². The lowest BCUT2D eigenvalue weighted by Gasteiger charge is -2.44. The minimum absolute atomic E-state index is 0.0513. The SMILES string of the molecule is CC1(C)c2ccccc2-c2cc(N(c3ccccc3)c3cccc(-c4cccc(-c5ccc6c(c5)c5ccccc5n6-c5ccc(-c6cccc7c6-c6ccccc6C7(C6C=CC=CC6)C6C=CC=CC6)cc5)c4)c3)ccc21. The molecule has 2 nitrogen and oxygen atoms in total. The van der Waals surface area contributed by atoms with E-state index in [0.29, 0.717) is 11.8 Å². The van der Waals surface area contributed by atoms with Crippen LogP contribution in [0.2, 0.25) is 0 Å².